The maximum Gasteiger partial charge on any atom is 0.221 e. The molecule has 0 saturated heterocycles. The minimum Gasteiger partial charge on any atom is -0.447 e. The number of ketones is 2. The zero-order valence-corrected chi connectivity index (χ0v) is 9.35. The third-order valence-electron chi connectivity index (χ3n) is 2.30. The highest BCUT2D eigenvalue weighted by Crippen LogP contribution is 2.30. The summed E-state index contributed by atoms with van der Waals surface area (Å²) in [6, 6.07) is 0. The van der Waals surface area contributed by atoms with Crippen LogP contribution in [0.4, 0.5) is 22.0 Å². The Morgan fingerprint density at radius 2 is 1.25 bits per heavy atom. The second-order valence-corrected chi connectivity index (χ2v) is 3.61. The van der Waals surface area contributed by atoms with Crippen molar-refractivity contribution < 1.29 is 36.3 Å². The molecule has 0 spiro atoms. The lowest BCUT2D eigenvalue weighted by Gasteiger charge is -2.12. The van der Waals surface area contributed by atoms with Gasteiger partial charge >= 0.3 is 0 Å². The summed E-state index contributed by atoms with van der Waals surface area (Å²) in [4.78, 5) is 22.2. The van der Waals surface area contributed by atoms with Gasteiger partial charge in [-0.05, 0) is 12.2 Å². The maximum absolute atomic E-state index is 13.3. The third kappa shape index (κ3) is 2.20. The molecule has 0 atom stereocenters. The van der Waals surface area contributed by atoms with E-state index in [1.54, 1.807) is 0 Å². The van der Waals surface area contributed by atoms with Gasteiger partial charge in [-0.15, -0.1) is 0 Å². The first-order chi connectivity index (χ1) is 9.32. The van der Waals surface area contributed by atoms with Gasteiger partial charge in [-0.2, -0.15) is 8.78 Å². The first-order valence-corrected chi connectivity index (χ1v) is 5.00. The summed E-state index contributed by atoms with van der Waals surface area (Å²) >= 11 is 0. The Kier molecular flexibility index (Phi) is 3.39. The van der Waals surface area contributed by atoms with Crippen molar-refractivity contribution in [3.05, 3.63) is 53.1 Å². The smallest absolute Gasteiger partial charge is 0.221 e. The third-order valence-corrected chi connectivity index (χ3v) is 2.30. The minimum absolute atomic E-state index is 0.570. The summed E-state index contributed by atoms with van der Waals surface area (Å²) in [7, 11) is 0. The van der Waals surface area contributed by atoms with Crippen LogP contribution in [0.3, 0.4) is 0 Å². The van der Waals surface area contributed by atoms with Crippen LogP contribution in [0.5, 0.6) is 5.75 Å². The van der Waals surface area contributed by atoms with E-state index < -0.39 is 52.2 Å². The monoisotopic (exact) mass is 290 g/mol. The molecule has 0 bridgehead atoms. The van der Waals surface area contributed by atoms with E-state index >= 15 is 0 Å². The van der Waals surface area contributed by atoms with E-state index in [1.165, 1.54) is 0 Å². The summed E-state index contributed by atoms with van der Waals surface area (Å²) in [5.74, 6) is -15.4. The highest BCUT2D eigenvalue weighted by molar-refractivity contribution is 6.16. The second-order valence-electron chi connectivity index (χ2n) is 3.61. The average Bonchev–Trinajstić information content (AvgIpc) is 2.43. The Labute approximate surface area is 108 Å². The fourth-order valence-corrected chi connectivity index (χ4v) is 1.35. The zero-order chi connectivity index (χ0) is 15.0. The molecule has 0 heterocycles. The van der Waals surface area contributed by atoms with Crippen LogP contribution in [0, 0.1) is 29.1 Å². The normalized spacial score (nSPS) is 14.6. The van der Waals surface area contributed by atoms with Crippen LogP contribution in [-0.4, -0.2) is 11.6 Å². The lowest BCUT2D eigenvalue weighted by atomic mass is 10.1. The minimum atomic E-state index is -2.35. The summed E-state index contributed by atoms with van der Waals surface area (Å²) in [5.41, 5.74) is 0. The molecule has 0 radical (unpaired) electrons. The fourth-order valence-electron chi connectivity index (χ4n) is 1.35. The molecule has 1 aliphatic rings. The van der Waals surface area contributed by atoms with E-state index in [9.17, 15) is 31.5 Å². The van der Waals surface area contributed by atoms with Crippen molar-refractivity contribution >= 4 is 11.6 Å². The highest BCUT2D eigenvalue weighted by atomic mass is 19.2. The molecule has 1 aromatic carbocycles. The maximum atomic E-state index is 13.3. The molecule has 104 valence electrons. The van der Waals surface area contributed by atoms with Crippen LogP contribution < -0.4 is 4.74 Å². The lowest BCUT2D eigenvalue weighted by Crippen LogP contribution is -2.15. The Morgan fingerprint density at radius 1 is 0.750 bits per heavy atom. The van der Waals surface area contributed by atoms with Crippen LogP contribution in [0.25, 0.3) is 0 Å². The molecule has 0 saturated carbocycles. The molecule has 3 nitrogen and oxygen atoms in total. The van der Waals surface area contributed by atoms with E-state index in [-0.39, 0.29) is 0 Å². The molecule has 0 unspecified atom stereocenters. The summed E-state index contributed by atoms with van der Waals surface area (Å²) in [6.45, 7) is 0. The lowest BCUT2D eigenvalue weighted by molar-refractivity contribution is -0.116. The highest BCUT2D eigenvalue weighted by Gasteiger charge is 2.29. The molecule has 0 N–H and O–H groups in total. The van der Waals surface area contributed by atoms with Gasteiger partial charge in [-0.3, -0.25) is 9.59 Å². The van der Waals surface area contributed by atoms with Crippen molar-refractivity contribution in [3.63, 3.8) is 0 Å². The van der Waals surface area contributed by atoms with Crippen LogP contribution in [-0.2, 0) is 9.59 Å². The van der Waals surface area contributed by atoms with Gasteiger partial charge in [-0.1, -0.05) is 0 Å². The summed E-state index contributed by atoms with van der Waals surface area (Å²) in [6.07, 6.45) is 2.16. The molecule has 2 rings (SSSR count). The Balaban J connectivity index is 2.50. The number of carbonyl (C=O) groups is 2. The molecule has 0 amide bonds. The number of rotatable bonds is 2. The van der Waals surface area contributed by atoms with Gasteiger partial charge < -0.3 is 4.74 Å². The molecular formula is C12H3F5O3. The van der Waals surface area contributed by atoms with Crippen molar-refractivity contribution in [2.45, 2.75) is 0 Å². The van der Waals surface area contributed by atoms with Crippen molar-refractivity contribution in [2.75, 3.05) is 0 Å². The average molecular weight is 290 g/mol. The van der Waals surface area contributed by atoms with Crippen molar-refractivity contribution in [2.24, 2.45) is 0 Å². The number of hydrogen-bond acceptors (Lipinski definition) is 3. The number of benzene rings is 1. The van der Waals surface area contributed by atoms with E-state index in [2.05, 4.69) is 4.74 Å². The van der Waals surface area contributed by atoms with Crippen molar-refractivity contribution in [1.82, 2.24) is 0 Å². The van der Waals surface area contributed by atoms with Crippen LogP contribution in [0.1, 0.15) is 0 Å². The standard InChI is InChI=1S/C12H3F5O3/c13-7-8(14)10(16)12(11(17)9(7)15)20-6-3-4(18)1-2-5(6)19/h1-3H. The van der Waals surface area contributed by atoms with E-state index in [4.69, 9.17) is 0 Å². The van der Waals surface area contributed by atoms with Crippen LogP contribution in [0.15, 0.2) is 24.0 Å². The van der Waals surface area contributed by atoms with Crippen LogP contribution in [0.2, 0.25) is 0 Å². The van der Waals surface area contributed by atoms with E-state index in [0.29, 0.717) is 6.08 Å². The first-order valence-electron chi connectivity index (χ1n) is 5.00. The molecule has 8 heteroatoms. The number of carbonyl (C=O) groups excluding carboxylic acids is 2. The first kappa shape index (κ1) is 13.9. The SMILES string of the molecule is O=C1C=CC(=O)C(Oc2c(F)c(F)c(F)c(F)c2F)=C1. The van der Waals surface area contributed by atoms with Crippen molar-refractivity contribution in [3.8, 4) is 5.75 Å². The molecule has 0 fully saturated rings. The van der Waals surface area contributed by atoms with Crippen LogP contribution >= 0.6 is 0 Å². The number of ether oxygens (including phenoxy) is 1. The van der Waals surface area contributed by atoms with Gasteiger partial charge in [0.1, 0.15) is 0 Å². The van der Waals surface area contributed by atoms with E-state index in [1.807, 2.05) is 0 Å². The van der Waals surface area contributed by atoms with Gasteiger partial charge in [0.15, 0.2) is 11.5 Å². The van der Waals surface area contributed by atoms with Gasteiger partial charge in [0, 0.05) is 6.08 Å². The zero-order valence-electron chi connectivity index (χ0n) is 9.35. The molecule has 1 aliphatic carbocycles. The van der Waals surface area contributed by atoms with Gasteiger partial charge in [0.05, 0.1) is 0 Å². The Bertz CT molecular complexity index is 662. The van der Waals surface area contributed by atoms with E-state index in [0.717, 1.165) is 12.2 Å². The van der Waals surface area contributed by atoms with Gasteiger partial charge in [0.25, 0.3) is 0 Å². The molecule has 0 aliphatic heterocycles. The predicted octanol–water partition coefficient (Wildman–Crippen LogP) is 2.35. The quantitative estimate of drug-likeness (QED) is 0.363. The topological polar surface area (TPSA) is 43.4 Å². The number of allylic oxidation sites excluding steroid dienone is 3. The second kappa shape index (κ2) is 4.87. The van der Waals surface area contributed by atoms with Gasteiger partial charge in [-0.25, -0.2) is 13.2 Å². The predicted molar refractivity (Wildman–Crippen MR) is 54.1 cm³/mol. The largest absolute Gasteiger partial charge is 0.447 e. The number of hydrogen-bond donors (Lipinski definition) is 0. The molecular weight excluding hydrogens is 287 g/mol. The van der Waals surface area contributed by atoms with Gasteiger partial charge in [0.2, 0.25) is 40.6 Å². The fraction of sp³-hybridized carbons (Fsp3) is 0. The molecule has 0 aromatic heterocycles. The molecule has 1 aromatic rings. The van der Waals surface area contributed by atoms with Crippen molar-refractivity contribution in [1.29, 1.82) is 0 Å². The molecule has 20 heavy (non-hydrogen) atoms. The summed E-state index contributed by atoms with van der Waals surface area (Å²) in [5, 5.41) is 0. The number of halogens is 5. The Hall–Kier alpha value is -2.51. The Morgan fingerprint density at radius 3 is 1.80 bits per heavy atom. The summed E-state index contributed by atoms with van der Waals surface area (Å²) < 4.78 is 69.5.